The summed E-state index contributed by atoms with van der Waals surface area (Å²) in [7, 11) is 2.00. The van der Waals surface area contributed by atoms with Crippen molar-refractivity contribution in [2.24, 2.45) is 7.05 Å². The van der Waals surface area contributed by atoms with Crippen LogP contribution < -0.4 is 4.57 Å². The normalized spacial score (nSPS) is 11.4. The lowest BCUT2D eigenvalue weighted by Gasteiger charge is -1.96. The lowest BCUT2D eigenvalue weighted by molar-refractivity contribution is -0.670. The second-order valence-corrected chi connectivity index (χ2v) is 4.60. The first-order valence-electron chi connectivity index (χ1n) is 6.13. The Hall–Kier alpha value is -2.62. The third-order valence-corrected chi connectivity index (χ3v) is 3.30. The number of fused-ring (bicyclic) bond motifs is 3. The number of hydrogen-bond acceptors (Lipinski definition) is 2. The Balaban J connectivity index is 2.12. The van der Waals surface area contributed by atoms with Gasteiger partial charge < -0.3 is 4.42 Å². The van der Waals surface area contributed by atoms with E-state index in [1.165, 1.54) is 0 Å². The van der Waals surface area contributed by atoms with Crippen LogP contribution in [0, 0.1) is 0 Å². The second kappa shape index (κ2) is 3.68. The number of imidazole rings is 1. The van der Waals surface area contributed by atoms with Crippen LogP contribution in [0.5, 0.6) is 0 Å². The minimum atomic E-state index is 0.682. The Kier molecular flexibility index (Phi) is 2.00. The molecular formula is C15H12N3O+. The average Bonchev–Trinajstić information content (AvgIpc) is 3.02. The molecule has 3 heterocycles. The quantitative estimate of drug-likeness (QED) is 0.487. The van der Waals surface area contributed by atoms with Crippen molar-refractivity contribution < 1.29 is 8.98 Å². The summed E-state index contributed by atoms with van der Waals surface area (Å²) in [5.74, 6) is 0. The van der Waals surface area contributed by atoms with Crippen LogP contribution in [0.25, 0.3) is 27.8 Å². The van der Waals surface area contributed by atoms with Gasteiger partial charge in [0.1, 0.15) is 12.4 Å². The molecule has 4 rings (SSSR count). The summed E-state index contributed by atoms with van der Waals surface area (Å²) in [6, 6.07) is 10.1. The highest BCUT2D eigenvalue weighted by Crippen LogP contribution is 2.30. The summed E-state index contributed by atoms with van der Waals surface area (Å²) < 4.78 is 9.95. The number of nitrogens with zero attached hydrogens (tertiary/aromatic N) is 3. The highest BCUT2D eigenvalue weighted by Gasteiger charge is 2.15. The molecule has 0 aliphatic rings. The van der Waals surface area contributed by atoms with Gasteiger partial charge in [0.25, 0.3) is 0 Å². The van der Waals surface area contributed by atoms with Crippen LogP contribution in [0.3, 0.4) is 0 Å². The van der Waals surface area contributed by atoms with Crippen molar-refractivity contribution in [2.45, 2.75) is 0 Å². The first-order chi connectivity index (χ1) is 9.33. The molecule has 0 saturated heterocycles. The van der Waals surface area contributed by atoms with Crippen LogP contribution in [0.2, 0.25) is 0 Å². The third-order valence-electron chi connectivity index (χ3n) is 3.30. The van der Waals surface area contributed by atoms with Crippen molar-refractivity contribution in [3.05, 3.63) is 55.2 Å². The van der Waals surface area contributed by atoms with Crippen molar-refractivity contribution in [3.8, 4) is 5.69 Å². The SMILES string of the molecule is C[n+]1ccn(-c2cccc3c2oc2ncccc23)c1. The minimum Gasteiger partial charge on any atom is -0.433 e. The molecule has 1 aromatic carbocycles. The molecule has 0 fully saturated rings. The van der Waals surface area contributed by atoms with Gasteiger partial charge in [-0.1, -0.05) is 12.1 Å². The summed E-state index contributed by atoms with van der Waals surface area (Å²) in [5.41, 5.74) is 2.57. The van der Waals surface area contributed by atoms with Crippen LogP contribution in [-0.2, 0) is 7.05 Å². The van der Waals surface area contributed by atoms with Crippen LogP contribution in [0.1, 0.15) is 0 Å². The van der Waals surface area contributed by atoms with E-state index >= 15 is 0 Å². The van der Waals surface area contributed by atoms with Crippen molar-refractivity contribution in [3.63, 3.8) is 0 Å². The van der Waals surface area contributed by atoms with E-state index in [1.807, 2.05) is 59.2 Å². The maximum Gasteiger partial charge on any atom is 0.248 e. The van der Waals surface area contributed by atoms with E-state index in [1.54, 1.807) is 6.20 Å². The van der Waals surface area contributed by atoms with Gasteiger partial charge in [-0.25, -0.2) is 9.55 Å². The average molecular weight is 250 g/mol. The molecule has 0 spiro atoms. The summed E-state index contributed by atoms with van der Waals surface area (Å²) >= 11 is 0. The number of furan rings is 1. The largest absolute Gasteiger partial charge is 0.433 e. The standard InChI is InChI=1S/C15H12N3O/c1-17-8-9-18(10-17)13-6-2-4-11-12-5-3-7-16-15(12)19-14(11)13/h2-10H,1H3/q+1. The molecule has 0 aliphatic heterocycles. The van der Waals surface area contributed by atoms with Gasteiger partial charge in [-0.3, -0.25) is 0 Å². The van der Waals surface area contributed by atoms with Crippen molar-refractivity contribution >= 4 is 22.1 Å². The van der Waals surface area contributed by atoms with Gasteiger partial charge in [-0.15, -0.1) is 0 Å². The van der Waals surface area contributed by atoms with E-state index in [0.717, 1.165) is 22.0 Å². The maximum atomic E-state index is 5.91. The van der Waals surface area contributed by atoms with E-state index in [0.29, 0.717) is 5.71 Å². The lowest BCUT2D eigenvalue weighted by atomic mass is 10.2. The van der Waals surface area contributed by atoms with E-state index in [-0.39, 0.29) is 0 Å². The molecule has 4 heteroatoms. The zero-order valence-electron chi connectivity index (χ0n) is 10.4. The zero-order valence-corrected chi connectivity index (χ0v) is 10.4. The van der Waals surface area contributed by atoms with Gasteiger partial charge in [-0.05, 0) is 18.2 Å². The Morgan fingerprint density at radius 1 is 1.16 bits per heavy atom. The Bertz CT molecular complexity index is 889. The Labute approximate surface area is 109 Å². The van der Waals surface area contributed by atoms with Crippen molar-refractivity contribution in [2.75, 3.05) is 0 Å². The smallest absolute Gasteiger partial charge is 0.248 e. The molecule has 0 radical (unpaired) electrons. The molecule has 3 aromatic heterocycles. The molecule has 92 valence electrons. The number of rotatable bonds is 1. The molecule has 0 aliphatic carbocycles. The van der Waals surface area contributed by atoms with E-state index in [4.69, 9.17) is 4.42 Å². The fourth-order valence-electron chi connectivity index (χ4n) is 2.41. The van der Waals surface area contributed by atoms with Crippen LogP contribution in [0.4, 0.5) is 0 Å². The van der Waals surface area contributed by atoms with Crippen LogP contribution in [-0.4, -0.2) is 9.55 Å². The number of hydrogen-bond donors (Lipinski definition) is 0. The molecule has 0 atom stereocenters. The summed E-state index contributed by atoms with van der Waals surface area (Å²) in [5, 5.41) is 2.15. The van der Waals surface area contributed by atoms with Crippen LogP contribution >= 0.6 is 0 Å². The predicted octanol–water partition coefficient (Wildman–Crippen LogP) is 2.60. The molecule has 0 bridgehead atoms. The number of para-hydroxylation sites is 1. The van der Waals surface area contributed by atoms with Gasteiger partial charge in [0.2, 0.25) is 12.0 Å². The fraction of sp³-hybridized carbons (Fsp3) is 0.0667. The van der Waals surface area contributed by atoms with Crippen LogP contribution in [0.15, 0.2) is 59.7 Å². The molecule has 0 unspecified atom stereocenters. The monoisotopic (exact) mass is 250 g/mol. The lowest BCUT2D eigenvalue weighted by Crippen LogP contribution is -2.23. The van der Waals surface area contributed by atoms with Crippen molar-refractivity contribution in [1.29, 1.82) is 0 Å². The second-order valence-electron chi connectivity index (χ2n) is 4.60. The molecule has 0 saturated carbocycles. The van der Waals surface area contributed by atoms with Gasteiger partial charge in [0.05, 0.1) is 7.05 Å². The van der Waals surface area contributed by atoms with Gasteiger partial charge in [0.15, 0.2) is 11.3 Å². The van der Waals surface area contributed by atoms with Gasteiger partial charge >= 0.3 is 0 Å². The van der Waals surface area contributed by atoms with Crippen molar-refractivity contribution in [1.82, 2.24) is 9.55 Å². The van der Waals surface area contributed by atoms with E-state index in [2.05, 4.69) is 11.1 Å². The van der Waals surface area contributed by atoms with E-state index < -0.39 is 0 Å². The zero-order chi connectivity index (χ0) is 12.8. The Morgan fingerprint density at radius 3 is 2.89 bits per heavy atom. The molecule has 0 N–H and O–H groups in total. The summed E-state index contributed by atoms with van der Waals surface area (Å²) in [4.78, 5) is 4.28. The first-order valence-corrected chi connectivity index (χ1v) is 6.13. The summed E-state index contributed by atoms with van der Waals surface area (Å²) in [6.07, 6.45) is 7.77. The number of pyridine rings is 1. The molecule has 19 heavy (non-hydrogen) atoms. The summed E-state index contributed by atoms with van der Waals surface area (Å²) in [6.45, 7) is 0. The maximum absolute atomic E-state index is 5.91. The predicted molar refractivity (Wildman–Crippen MR) is 72.0 cm³/mol. The fourth-order valence-corrected chi connectivity index (χ4v) is 2.41. The molecular weight excluding hydrogens is 238 g/mol. The molecule has 0 amide bonds. The molecule has 4 nitrogen and oxygen atoms in total. The topological polar surface area (TPSA) is 34.8 Å². The van der Waals surface area contributed by atoms with Gasteiger partial charge in [0, 0.05) is 17.0 Å². The number of aromatic nitrogens is 3. The highest BCUT2D eigenvalue weighted by atomic mass is 16.3. The Morgan fingerprint density at radius 2 is 2.05 bits per heavy atom. The molecule has 4 aromatic rings. The van der Waals surface area contributed by atoms with Gasteiger partial charge in [-0.2, -0.15) is 4.57 Å². The number of benzene rings is 1. The number of aryl methyl sites for hydroxylation is 1. The highest BCUT2D eigenvalue weighted by molar-refractivity contribution is 6.06. The van der Waals surface area contributed by atoms with E-state index in [9.17, 15) is 0 Å². The first kappa shape index (κ1) is 10.3. The minimum absolute atomic E-state index is 0.682. The third kappa shape index (κ3) is 1.46.